The van der Waals surface area contributed by atoms with Crippen molar-refractivity contribution in [1.29, 1.82) is 0 Å². The van der Waals surface area contributed by atoms with Crippen LogP contribution in [0, 0.1) is 11.3 Å². The van der Waals surface area contributed by atoms with E-state index in [0.29, 0.717) is 12.5 Å². The quantitative estimate of drug-likeness (QED) is 0.734. The van der Waals surface area contributed by atoms with Crippen molar-refractivity contribution < 1.29 is 13.5 Å². The van der Waals surface area contributed by atoms with Gasteiger partial charge in [-0.15, -0.1) is 5.10 Å². The fourth-order valence-electron chi connectivity index (χ4n) is 3.75. The van der Waals surface area contributed by atoms with E-state index in [2.05, 4.69) is 29.1 Å². The molecule has 1 aromatic heterocycles. The van der Waals surface area contributed by atoms with Crippen molar-refractivity contribution in [2.24, 2.45) is 18.4 Å². The largest absolute Gasteiger partial charge is 0.384 e. The highest BCUT2D eigenvalue weighted by Crippen LogP contribution is 2.61. The van der Waals surface area contributed by atoms with Crippen molar-refractivity contribution in [3.8, 4) is 0 Å². The molecule has 0 unspecified atom stereocenters. The van der Waals surface area contributed by atoms with Crippen LogP contribution in [0.25, 0.3) is 0 Å². The summed E-state index contributed by atoms with van der Waals surface area (Å²) >= 11 is 0. The maximum atomic E-state index is 13.7. The Labute approximate surface area is 156 Å². The van der Waals surface area contributed by atoms with Gasteiger partial charge in [-0.1, -0.05) is 25.5 Å². The molecule has 3 rings (SSSR count). The summed E-state index contributed by atoms with van der Waals surface area (Å²) in [6.45, 7) is 6.69. The topological polar surface area (TPSA) is 43.2 Å². The maximum Gasteiger partial charge on any atom is 0.258 e. The third-order valence-electron chi connectivity index (χ3n) is 5.32. The molecule has 5 nitrogen and oxygen atoms in total. The monoisotopic (exact) mass is 372 g/mol. The fourth-order valence-corrected chi connectivity index (χ4v) is 3.75. The highest BCUT2D eigenvalue weighted by atomic mass is 19.3. The summed E-state index contributed by atoms with van der Waals surface area (Å²) in [5, 5.41) is 8.06. The Balaban J connectivity index is 0.000000758. The molecule has 2 aliphatic rings. The predicted molar refractivity (Wildman–Crippen MR) is 98.3 cm³/mol. The van der Waals surface area contributed by atoms with E-state index >= 15 is 0 Å². The van der Waals surface area contributed by atoms with E-state index in [1.54, 1.807) is 4.68 Å². The van der Waals surface area contributed by atoms with Crippen LogP contribution >= 0.6 is 0 Å². The molecule has 0 aromatic carbocycles. The van der Waals surface area contributed by atoms with Gasteiger partial charge in [0.25, 0.3) is 5.92 Å². The lowest BCUT2D eigenvalue weighted by Gasteiger charge is -2.34. The van der Waals surface area contributed by atoms with Crippen LogP contribution < -0.4 is 0 Å². The number of rotatable bonds is 7. The average Bonchev–Trinajstić information content (AvgIpc) is 2.90. The third kappa shape index (κ3) is 5.46. The first-order valence-electron chi connectivity index (χ1n) is 9.80. The second-order valence-corrected chi connectivity index (χ2v) is 7.94. The van der Waals surface area contributed by atoms with Gasteiger partial charge < -0.3 is 9.64 Å². The first kappa shape index (κ1) is 21.2. The van der Waals surface area contributed by atoms with E-state index in [1.165, 1.54) is 13.5 Å². The van der Waals surface area contributed by atoms with Crippen LogP contribution in [0.15, 0.2) is 6.20 Å². The van der Waals surface area contributed by atoms with Gasteiger partial charge in [-0.05, 0) is 44.7 Å². The molecule has 1 aliphatic carbocycles. The fraction of sp³-hybridized carbons (Fsp3) is 0.895. The van der Waals surface area contributed by atoms with Crippen molar-refractivity contribution in [3.63, 3.8) is 0 Å². The molecule has 1 saturated heterocycles. The molecule has 0 bridgehead atoms. The van der Waals surface area contributed by atoms with E-state index in [-0.39, 0.29) is 13.0 Å². The molecule has 1 saturated carbocycles. The number of halogens is 2. The van der Waals surface area contributed by atoms with Gasteiger partial charge in [-0.25, -0.2) is 8.78 Å². The Kier molecular flexibility index (Phi) is 7.52. The number of likely N-dealkylation sites (tertiary alicyclic amines) is 1. The van der Waals surface area contributed by atoms with Gasteiger partial charge in [0.1, 0.15) is 0 Å². The van der Waals surface area contributed by atoms with Crippen molar-refractivity contribution in [2.75, 3.05) is 33.4 Å². The highest BCUT2D eigenvalue weighted by molar-refractivity contribution is 5.11. The second-order valence-electron chi connectivity index (χ2n) is 7.94. The van der Waals surface area contributed by atoms with Crippen molar-refractivity contribution in [1.82, 2.24) is 19.9 Å². The summed E-state index contributed by atoms with van der Waals surface area (Å²) in [5.74, 6) is -1.89. The smallest absolute Gasteiger partial charge is 0.258 e. The molecule has 150 valence electrons. The van der Waals surface area contributed by atoms with E-state index in [9.17, 15) is 8.78 Å². The number of hydrogen-bond acceptors (Lipinski definition) is 4. The van der Waals surface area contributed by atoms with Gasteiger partial charge in [0, 0.05) is 33.3 Å². The number of nitrogens with zero attached hydrogens (tertiary/aromatic N) is 4. The molecular weight excluding hydrogens is 338 g/mol. The first-order valence-corrected chi connectivity index (χ1v) is 9.80. The standard InChI is InChI=1S/C16H26F2N4O.C3H8/c1-21-9-14(19-20-21)4-3-13-5-7-22(8-6-13)11-15(12-23-2)10-16(15,17)18;1-3-2/h9,13H,3-8,10-12H2,1-2H3;3H2,1-2H3/t15-;/m1./s1. The highest BCUT2D eigenvalue weighted by Gasteiger charge is 2.71. The first-order chi connectivity index (χ1) is 12.4. The lowest BCUT2D eigenvalue weighted by atomic mass is 9.91. The van der Waals surface area contributed by atoms with Gasteiger partial charge in [-0.3, -0.25) is 4.68 Å². The number of alkyl halides is 2. The minimum absolute atomic E-state index is 0.0273. The molecule has 0 N–H and O–H groups in total. The SMILES string of the molecule is CCC.COC[C@]1(CN2CCC(CCc3cn(C)nn3)CC2)CC1(F)F. The number of hydrogen-bond donors (Lipinski definition) is 0. The Morgan fingerprint density at radius 3 is 2.35 bits per heavy atom. The van der Waals surface area contributed by atoms with Crippen LogP contribution in [0.1, 0.15) is 51.6 Å². The van der Waals surface area contributed by atoms with Crippen LogP contribution in [-0.2, 0) is 18.2 Å². The van der Waals surface area contributed by atoms with Crippen LogP contribution in [0.5, 0.6) is 0 Å². The summed E-state index contributed by atoms with van der Waals surface area (Å²) in [4.78, 5) is 2.19. The summed E-state index contributed by atoms with van der Waals surface area (Å²) < 4.78 is 34.1. The zero-order valence-electron chi connectivity index (χ0n) is 16.7. The van der Waals surface area contributed by atoms with Crippen LogP contribution in [0.2, 0.25) is 0 Å². The van der Waals surface area contributed by atoms with Gasteiger partial charge in [0.05, 0.1) is 17.7 Å². The van der Waals surface area contributed by atoms with Gasteiger partial charge in [0.15, 0.2) is 0 Å². The minimum atomic E-state index is -2.55. The van der Waals surface area contributed by atoms with Crippen molar-refractivity contribution >= 4 is 0 Å². The summed E-state index contributed by atoms with van der Waals surface area (Å²) in [5.41, 5.74) is 0.0976. The van der Waals surface area contributed by atoms with Gasteiger partial charge >= 0.3 is 0 Å². The molecular formula is C19H34F2N4O. The Hall–Kier alpha value is -1.08. The number of piperidine rings is 1. The molecule has 0 radical (unpaired) electrons. The van der Waals surface area contributed by atoms with Crippen molar-refractivity contribution in [2.45, 2.75) is 58.3 Å². The van der Waals surface area contributed by atoms with Crippen LogP contribution in [0.3, 0.4) is 0 Å². The molecule has 1 aromatic rings. The van der Waals surface area contributed by atoms with E-state index in [0.717, 1.165) is 44.5 Å². The zero-order chi connectivity index (χ0) is 19.2. The third-order valence-corrected chi connectivity index (χ3v) is 5.32. The molecule has 0 amide bonds. The second kappa shape index (κ2) is 9.22. The molecule has 7 heteroatoms. The molecule has 1 atom stereocenters. The summed E-state index contributed by atoms with van der Waals surface area (Å²) in [6, 6.07) is 0. The number of methoxy groups -OCH3 is 1. The minimum Gasteiger partial charge on any atom is -0.384 e. The Bertz CT molecular complexity index is 543. The van der Waals surface area contributed by atoms with Crippen LogP contribution in [0.4, 0.5) is 8.78 Å². The lowest BCUT2D eigenvalue weighted by molar-refractivity contribution is 0.000750. The number of ether oxygens (including phenoxy) is 1. The van der Waals surface area contributed by atoms with E-state index < -0.39 is 11.3 Å². The molecule has 26 heavy (non-hydrogen) atoms. The normalized spacial score (nSPS) is 25.6. The Morgan fingerprint density at radius 1 is 1.27 bits per heavy atom. The summed E-state index contributed by atoms with van der Waals surface area (Å²) in [6.07, 6.45) is 7.39. The molecule has 2 fully saturated rings. The summed E-state index contributed by atoms with van der Waals surface area (Å²) in [7, 11) is 3.38. The maximum absolute atomic E-state index is 13.7. The lowest BCUT2D eigenvalue weighted by Crippen LogP contribution is -2.40. The Morgan fingerprint density at radius 2 is 1.88 bits per heavy atom. The zero-order valence-corrected chi connectivity index (χ0v) is 16.7. The number of aryl methyl sites for hydroxylation is 2. The average molecular weight is 373 g/mol. The molecule has 2 heterocycles. The van der Waals surface area contributed by atoms with Gasteiger partial charge in [-0.2, -0.15) is 0 Å². The molecule has 1 aliphatic heterocycles. The predicted octanol–water partition coefficient (Wildman–Crippen LogP) is 3.55. The van der Waals surface area contributed by atoms with Crippen molar-refractivity contribution in [3.05, 3.63) is 11.9 Å². The van der Waals surface area contributed by atoms with Crippen LogP contribution in [-0.4, -0.2) is 59.2 Å². The molecule has 0 spiro atoms. The van der Waals surface area contributed by atoms with Gasteiger partial charge in [0.2, 0.25) is 0 Å². The number of aromatic nitrogens is 3. The van der Waals surface area contributed by atoms with E-state index in [4.69, 9.17) is 4.74 Å². The van der Waals surface area contributed by atoms with E-state index in [1.807, 2.05) is 13.2 Å².